The third-order valence-corrected chi connectivity index (χ3v) is 7.06. The number of nitro groups is 1. The SMILES string of the molecule is C#CCOc1ccc(OC)cc1/C=c1/sc2n(c1=O)[C@@H](c1ccc(C)c([N+](=O)[O-])c1)C(C(=O)OCC)=C(C)N=2. The molecule has 3 aromatic rings. The molecular weight excluding hydrogens is 522 g/mol. The molecule has 0 unspecified atom stereocenters. The molecule has 1 aliphatic rings. The van der Waals surface area contributed by atoms with Crippen LogP contribution >= 0.6 is 11.3 Å². The number of fused-ring (bicyclic) bond motifs is 1. The first-order chi connectivity index (χ1) is 18.7. The lowest BCUT2D eigenvalue weighted by Gasteiger charge is -2.24. The van der Waals surface area contributed by atoms with Crippen molar-refractivity contribution in [2.24, 2.45) is 4.99 Å². The third-order valence-electron chi connectivity index (χ3n) is 6.08. The van der Waals surface area contributed by atoms with Crippen LogP contribution in [0.3, 0.4) is 0 Å². The second-order valence-electron chi connectivity index (χ2n) is 8.50. The number of nitro benzene ring substituents is 1. The Hall–Kier alpha value is -4.69. The Balaban J connectivity index is 1.99. The zero-order valence-corrected chi connectivity index (χ0v) is 22.5. The highest BCUT2D eigenvalue weighted by molar-refractivity contribution is 7.07. The number of methoxy groups -OCH3 is 1. The first-order valence-corrected chi connectivity index (χ1v) is 12.7. The Bertz CT molecular complexity index is 1730. The van der Waals surface area contributed by atoms with E-state index in [4.69, 9.17) is 20.6 Å². The lowest BCUT2D eigenvalue weighted by atomic mass is 9.94. The third kappa shape index (κ3) is 5.32. The molecule has 1 atom stereocenters. The molecule has 0 bridgehead atoms. The zero-order valence-electron chi connectivity index (χ0n) is 21.7. The number of aromatic nitrogens is 1. The van der Waals surface area contributed by atoms with Crippen molar-refractivity contribution in [1.82, 2.24) is 4.57 Å². The number of benzene rings is 2. The summed E-state index contributed by atoms with van der Waals surface area (Å²) < 4.78 is 17.9. The van der Waals surface area contributed by atoms with Crippen LogP contribution < -0.4 is 24.4 Å². The Morgan fingerprint density at radius 2 is 2.05 bits per heavy atom. The number of esters is 1. The van der Waals surface area contributed by atoms with Gasteiger partial charge in [-0.1, -0.05) is 29.4 Å². The van der Waals surface area contributed by atoms with E-state index in [1.807, 2.05) is 0 Å². The van der Waals surface area contributed by atoms with E-state index in [0.29, 0.717) is 43.2 Å². The van der Waals surface area contributed by atoms with E-state index in [1.54, 1.807) is 57.2 Å². The van der Waals surface area contributed by atoms with Crippen molar-refractivity contribution in [3.63, 3.8) is 0 Å². The van der Waals surface area contributed by atoms with Gasteiger partial charge in [0.2, 0.25) is 0 Å². The number of allylic oxidation sites excluding steroid dienone is 1. The highest BCUT2D eigenvalue weighted by atomic mass is 32.1. The monoisotopic (exact) mass is 547 g/mol. The van der Waals surface area contributed by atoms with Crippen molar-refractivity contribution in [3.05, 3.63) is 94.2 Å². The fourth-order valence-corrected chi connectivity index (χ4v) is 5.30. The van der Waals surface area contributed by atoms with Gasteiger partial charge in [0.1, 0.15) is 18.1 Å². The smallest absolute Gasteiger partial charge is 0.338 e. The van der Waals surface area contributed by atoms with Crippen LogP contribution in [0.1, 0.15) is 36.6 Å². The first-order valence-electron chi connectivity index (χ1n) is 11.9. The minimum absolute atomic E-state index is 0.0305. The van der Waals surface area contributed by atoms with Crippen molar-refractivity contribution in [3.8, 4) is 23.8 Å². The van der Waals surface area contributed by atoms with Gasteiger partial charge in [-0.25, -0.2) is 9.79 Å². The largest absolute Gasteiger partial charge is 0.497 e. The number of rotatable bonds is 8. The van der Waals surface area contributed by atoms with Crippen LogP contribution in [0, 0.1) is 29.4 Å². The van der Waals surface area contributed by atoms with Crippen molar-refractivity contribution in [2.45, 2.75) is 26.8 Å². The van der Waals surface area contributed by atoms with Crippen molar-refractivity contribution in [2.75, 3.05) is 20.3 Å². The number of aryl methyl sites for hydroxylation is 1. The van der Waals surface area contributed by atoms with E-state index < -0.39 is 22.5 Å². The highest BCUT2D eigenvalue weighted by Gasteiger charge is 2.34. The van der Waals surface area contributed by atoms with Crippen LogP contribution in [0.15, 0.2) is 57.5 Å². The average Bonchev–Trinajstić information content (AvgIpc) is 3.21. The molecule has 0 radical (unpaired) electrons. The molecule has 0 fully saturated rings. The molecule has 2 heterocycles. The summed E-state index contributed by atoms with van der Waals surface area (Å²) in [5.41, 5.74) is 1.32. The fraction of sp³-hybridized carbons (Fsp3) is 0.250. The number of hydrogen-bond acceptors (Lipinski definition) is 9. The minimum Gasteiger partial charge on any atom is -0.497 e. The lowest BCUT2D eigenvalue weighted by Crippen LogP contribution is -2.40. The minimum atomic E-state index is -0.982. The topological polar surface area (TPSA) is 122 Å². The molecule has 11 heteroatoms. The van der Waals surface area contributed by atoms with E-state index in [9.17, 15) is 19.7 Å². The maximum Gasteiger partial charge on any atom is 0.338 e. The summed E-state index contributed by atoms with van der Waals surface area (Å²) in [4.78, 5) is 43.0. The molecule has 200 valence electrons. The summed E-state index contributed by atoms with van der Waals surface area (Å²) >= 11 is 1.12. The Kier molecular flexibility index (Phi) is 7.97. The summed E-state index contributed by atoms with van der Waals surface area (Å²) in [6, 6.07) is 8.76. The second-order valence-corrected chi connectivity index (χ2v) is 9.51. The van der Waals surface area contributed by atoms with Gasteiger partial charge < -0.3 is 14.2 Å². The number of thiazole rings is 1. The van der Waals surface area contributed by atoms with E-state index in [0.717, 1.165) is 11.3 Å². The molecule has 1 aliphatic heterocycles. The van der Waals surface area contributed by atoms with Gasteiger partial charge in [0.15, 0.2) is 4.80 Å². The van der Waals surface area contributed by atoms with Crippen molar-refractivity contribution < 1.29 is 23.9 Å². The Labute approximate surface area is 227 Å². The van der Waals surface area contributed by atoms with Crippen LogP contribution in [0.5, 0.6) is 11.5 Å². The van der Waals surface area contributed by atoms with Crippen LogP contribution in [-0.2, 0) is 9.53 Å². The fourth-order valence-electron chi connectivity index (χ4n) is 4.26. The molecule has 0 amide bonds. The van der Waals surface area contributed by atoms with E-state index >= 15 is 0 Å². The molecule has 10 nitrogen and oxygen atoms in total. The number of hydrogen-bond donors (Lipinski definition) is 0. The standard InChI is InChI=1S/C28H25N3O7S/c1-6-12-38-22-11-10-20(36-5)13-19(22)15-23-26(32)30-25(18-9-8-16(3)21(14-18)31(34)35)24(27(33)37-7-2)17(4)29-28(30)39-23/h1,8-11,13-15,25H,7,12H2,2-5H3/b23-15+/t25-/m0/s1. The van der Waals surface area contributed by atoms with Crippen LogP contribution in [0.4, 0.5) is 5.69 Å². The van der Waals surface area contributed by atoms with Crippen molar-refractivity contribution in [1.29, 1.82) is 0 Å². The molecular formula is C28H25N3O7S. The maximum absolute atomic E-state index is 13.9. The zero-order chi connectivity index (χ0) is 28.3. The molecule has 1 aromatic heterocycles. The van der Waals surface area contributed by atoms with Gasteiger partial charge in [-0.15, -0.1) is 6.42 Å². The Morgan fingerprint density at radius 1 is 1.28 bits per heavy atom. The molecule has 2 aromatic carbocycles. The first kappa shape index (κ1) is 27.3. The Morgan fingerprint density at radius 3 is 2.72 bits per heavy atom. The number of terminal acetylenes is 1. The summed E-state index contributed by atoms with van der Waals surface area (Å²) in [6.45, 7) is 5.07. The van der Waals surface area contributed by atoms with Gasteiger partial charge in [-0.2, -0.15) is 0 Å². The summed E-state index contributed by atoms with van der Waals surface area (Å²) in [6.07, 6.45) is 6.98. The summed E-state index contributed by atoms with van der Waals surface area (Å²) in [5, 5.41) is 11.7. The molecule has 0 N–H and O–H groups in total. The van der Waals surface area contributed by atoms with Crippen molar-refractivity contribution >= 4 is 29.1 Å². The highest BCUT2D eigenvalue weighted by Crippen LogP contribution is 2.33. The number of nitrogens with zero attached hydrogens (tertiary/aromatic N) is 3. The predicted octanol–water partition coefficient (Wildman–Crippen LogP) is 3.04. The molecule has 0 aliphatic carbocycles. The summed E-state index contributed by atoms with van der Waals surface area (Å²) in [5.74, 6) is 2.76. The number of ether oxygens (including phenoxy) is 3. The number of carbonyl (C=O) groups is 1. The van der Waals surface area contributed by atoms with Gasteiger partial charge in [0, 0.05) is 17.2 Å². The average molecular weight is 548 g/mol. The normalized spacial score (nSPS) is 14.7. The van der Waals surface area contributed by atoms with Gasteiger partial charge >= 0.3 is 5.97 Å². The quantitative estimate of drug-likeness (QED) is 0.184. The molecule has 39 heavy (non-hydrogen) atoms. The van der Waals surface area contributed by atoms with Gasteiger partial charge in [-0.05, 0) is 50.6 Å². The van der Waals surface area contributed by atoms with Crippen LogP contribution in [0.2, 0.25) is 0 Å². The predicted molar refractivity (Wildman–Crippen MR) is 146 cm³/mol. The van der Waals surface area contributed by atoms with E-state index in [1.165, 1.54) is 17.7 Å². The lowest BCUT2D eigenvalue weighted by molar-refractivity contribution is -0.385. The van der Waals surface area contributed by atoms with E-state index in [-0.39, 0.29) is 24.5 Å². The molecule has 0 saturated carbocycles. The van der Waals surface area contributed by atoms with Gasteiger partial charge in [-0.3, -0.25) is 19.5 Å². The van der Waals surface area contributed by atoms with Gasteiger partial charge in [0.25, 0.3) is 11.2 Å². The molecule has 0 saturated heterocycles. The van der Waals surface area contributed by atoms with E-state index in [2.05, 4.69) is 10.9 Å². The molecule has 0 spiro atoms. The maximum atomic E-state index is 13.9. The summed E-state index contributed by atoms with van der Waals surface area (Å²) in [7, 11) is 1.52. The van der Waals surface area contributed by atoms with Gasteiger partial charge in [0.05, 0.1) is 40.5 Å². The van der Waals surface area contributed by atoms with Crippen LogP contribution in [0.25, 0.3) is 6.08 Å². The number of carbonyl (C=O) groups excluding carboxylic acids is 1. The second kappa shape index (κ2) is 11.4. The molecule has 4 rings (SSSR count). The van der Waals surface area contributed by atoms with Crippen LogP contribution in [-0.4, -0.2) is 35.8 Å².